The number of carbonyl (C=O) groups is 1. The summed E-state index contributed by atoms with van der Waals surface area (Å²) in [4.78, 5) is 32.6. The fraction of sp³-hybridized carbons (Fsp3) is 0.265. The van der Waals surface area contributed by atoms with E-state index in [1.807, 2.05) is 73.7 Å². The zero-order valence-electron chi connectivity index (χ0n) is 25.1. The number of carbonyl (C=O) groups excluding carboxylic acids is 1. The Bertz CT molecular complexity index is 1880. The minimum Gasteiger partial charge on any atom is -0.494 e. The number of hydrogen-bond donors (Lipinski definition) is 0. The van der Waals surface area contributed by atoms with Crippen molar-refractivity contribution in [2.45, 2.75) is 46.4 Å². The molecule has 0 bridgehead atoms. The summed E-state index contributed by atoms with van der Waals surface area (Å²) >= 11 is 4.88. The van der Waals surface area contributed by atoms with Gasteiger partial charge in [-0.3, -0.25) is 9.36 Å². The van der Waals surface area contributed by atoms with Crippen molar-refractivity contribution in [3.8, 4) is 17.2 Å². The molecule has 0 saturated carbocycles. The third-order valence-corrected chi connectivity index (χ3v) is 8.44. The van der Waals surface area contributed by atoms with Crippen LogP contribution in [0, 0.1) is 0 Å². The molecule has 1 aliphatic rings. The summed E-state index contributed by atoms with van der Waals surface area (Å²) in [6, 6.07) is 20.2. The molecule has 0 spiro atoms. The van der Waals surface area contributed by atoms with Crippen LogP contribution >= 0.6 is 27.3 Å². The summed E-state index contributed by atoms with van der Waals surface area (Å²) in [5.41, 5.74) is 3.07. The molecule has 3 aromatic carbocycles. The first-order valence-electron chi connectivity index (χ1n) is 14.2. The summed E-state index contributed by atoms with van der Waals surface area (Å²) in [6.45, 7) is 8.17. The molecule has 0 N–H and O–H groups in total. The summed E-state index contributed by atoms with van der Waals surface area (Å²) in [5.74, 6) is 1.28. The lowest BCUT2D eigenvalue weighted by Crippen LogP contribution is -2.40. The van der Waals surface area contributed by atoms with Crippen LogP contribution in [-0.2, 0) is 16.1 Å². The van der Waals surface area contributed by atoms with Gasteiger partial charge in [0.2, 0.25) is 0 Å². The number of methoxy groups -OCH3 is 1. The Morgan fingerprint density at radius 1 is 1.09 bits per heavy atom. The predicted molar refractivity (Wildman–Crippen MR) is 174 cm³/mol. The van der Waals surface area contributed by atoms with Gasteiger partial charge in [-0.05, 0) is 90.7 Å². The van der Waals surface area contributed by atoms with Crippen LogP contribution in [0.4, 0.5) is 0 Å². The van der Waals surface area contributed by atoms with Crippen molar-refractivity contribution in [2.24, 2.45) is 4.99 Å². The molecule has 1 aromatic heterocycles. The Labute approximate surface area is 268 Å². The molecule has 228 valence electrons. The van der Waals surface area contributed by atoms with Crippen LogP contribution in [0.15, 0.2) is 92.3 Å². The van der Waals surface area contributed by atoms with Crippen LogP contribution in [0.3, 0.4) is 0 Å². The van der Waals surface area contributed by atoms with Crippen molar-refractivity contribution in [3.05, 3.63) is 119 Å². The number of hydrogen-bond acceptors (Lipinski definition) is 8. The van der Waals surface area contributed by atoms with E-state index in [1.54, 1.807) is 38.5 Å². The van der Waals surface area contributed by atoms with Gasteiger partial charge in [-0.2, -0.15) is 0 Å². The molecule has 2 heterocycles. The quantitative estimate of drug-likeness (QED) is 0.193. The van der Waals surface area contributed by atoms with Crippen LogP contribution in [0.2, 0.25) is 0 Å². The molecule has 0 radical (unpaired) electrons. The number of thiazole rings is 1. The van der Waals surface area contributed by atoms with E-state index in [1.165, 1.54) is 11.3 Å². The number of allylic oxidation sites excluding steroid dienone is 1. The van der Waals surface area contributed by atoms with E-state index in [9.17, 15) is 9.59 Å². The van der Waals surface area contributed by atoms with E-state index in [4.69, 9.17) is 18.9 Å². The van der Waals surface area contributed by atoms with Crippen LogP contribution in [0.1, 0.15) is 50.4 Å². The lowest BCUT2D eigenvalue weighted by molar-refractivity contribution is -0.143. The number of aromatic nitrogens is 1. The SMILES string of the molecule is CCOc1ccc([C@@H]2C(C(=O)OC(C)C)=C(C)N=c3s/c(=C/c4cc(Br)c(OCc5ccccc5)c(OC)c4)c(=O)n32)cc1. The Morgan fingerprint density at radius 3 is 2.48 bits per heavy atom. The minimum atomic E-state index is -0.717. The molecule has 0 saturated heterocycles. The molecule has 4 aromatic rings. The van der Waals surface area contributed by atoms with Gasteiger partial charge in [-0.1, -0.05) is 53.8 Å². The molecule has 1 atom stereocenters. The first-order chi connectivity index (χ1) is 21.2. The molecule has 44 heavy (non-hydrogen) atoms. The maximum atomic E-state index is 14.0. The van der Waals surface area contributed by atoms with E-state index in [0.717, 1.165) is 16.7 Å². The van der Waals surface area contributed by atoms with Crippen molar-refractivity contribution in [1.82, 2.24) is 4.57 Å². The lowest BCUT2D eigenvalue weighted by atomic mass is 9.96. The number of benzene rings is 3. The fourth-order valence-corrected chi connectivity index (χ4v) is 6.55. The van der Waals surface area contributed by atoms with Crippen molar-refractivity contribution in [1.29, 1.82) is 0 Å². The smallest absolute Gasteiger partial charge is 0.338 e. The normalized spacial score (nSPS) is 14.7. The molecular formula is C34H33BrN2O6S. The van der Waals surface area contributed by atoms with Crippen LogP contribution in [0.25, 0.3) is 6.08 Å². The first kappa shape index (κ1) is 31.3. The van der Waals surface area contributed by atoms with E-state index in [-0.39, 0.29) is 11.7 Å². The second-order valence-corrected chi connectivity index (χ2v) is 12.2. The van der Waals surface area contributed by atoms with Gasteiger partial charge in [0, 0.05) is 0 Å². The number of rotatable bonds is 10. The van der Waals surface area contributed by atoms with Crippen molar-refractivity contribution in [2.75, 3.05) is 13.7 Å². The third kappa shape index (κ3) is 6.66. The highest BCUT2D eigenvalue weighted by Gasteiger charge is 2.33. The Kier molecular flexibility index (Phi) is 9.71. The summed E-state index contributed by atoms with van der Waals surface area (Å²) in [6.07, 6.45) is 1.46. The number of ether oxygens (including phenoxy) is 4. The predicted octanol–water partition coefficient (Wildman–Crippen LogP) is 5.94. The monoisotopic (exact) mass is 676 g/mol. The molecule has 0 fully saturated rings. The average Bonchev–Trinajstić information content (AvgIpc) is 3.30. The summed E-state index contributed by atoms with van der Waals surface area (Å²) < 4.78 is 25.7. The van der Waals surface area contributed by atoms with Gasteiger partial charge in [0.1, 0.15) is 12.4 Å². The zero-order valence-corrected chi connectivity index (χ0v) is 27.5. The van der Waals surface area contributed by atoms with Crippen LogP contribution < -0.4 is 29.1 Å². The molecule has 5 rings (SSSR count). The molecule has 8 nitrogen and oxygen atoms in total. The average molecular weight is 678 g/mol. The van der Waals surface area contributed by atoms with E-state index in [2.05, 4.69) is 20.9 Å². The molecule has 0 aliphatic carbocycles. The van der Waals surface area contributed by atoms with Gasteiger partial charge in [0.05, 0.1) is 46.1 Å². The van der Waals surface area contributed by atoms with E-state index >= 15 is 0 Å². The third-order valence-electron chi connectivity index (χ3n) is 6.87. The largest absolute Gasteiger partial charge is 0.494 e. The fourth-order valence-electron chi connectivity index (χ4n) is 4.93. The number of halogens is 1. The first-order valence-corrected chi connectivity index (χ1v) is 15.8. The van der Waals surface area contributed by atoms with Gasteiger partial charge in [0.25, 0.3) is 5.56 Å². The highest BCUT2D eigenvalue weighted by Crippen LogP contribution is 2.37. The highest BCUT2D eigenvalue weighted by molar-refractivity contribution is 9.10. The molecular weight excluding hydrogens is 644 g/mol. The Balaban J connectivity index is 1.58. The molecule has 10 heteroatoms. The van der Waals surface area contributed by atoms with Gasteiger partial charge in [-0.25, -0.2) is 9.79 Å². The number of nitrogens with zero attached hydrogens (tertiary/aromatic N) is 2. The second-order valence-electron chi connectivity index (χ2n) is 10.3. The topological polar surface area (TPSA) is 88.4 Å². The molecule has 0 unspecified atom stereocenters. The van der Waals surface area contributed by atoms with Crippen molar-refractivity contribution in [3.63, 3.8) is 0 Å². The van der Waals surface area contributed by atoms with E-state index in [0.29, 0.717) is 55.5 Å². The summed E-state index contributed by atoms with van der Waals surface area (Å²) in [5, 5.41) is 0. The van der Waals surface area contributed by atoms with Gasteiger partial charge >= 0.3 is 5.97 Å². The van der Waals surface area contributed by atoms with Crippen molar-refractivity contribution < 1.29 is 23.7 Å². The number of esters is 1. The highest BCUT2D eigenvalue weighted by atomic mass is 79.9. The van der Waals surface area contributed by atoms with E-state index < -0.39 is 12.0 Å². The maximum Gasteiger partial charge on any atom is 0.338 e. The second kappa shape index (κ2) is 13.7. The van der Waals surface area contributed by atoms with Gasteiger partial charge in [-0.15, -0.1) is 0 Å². The Morgan fingerprint density at radius 2 is 1.82 bits per heavy atom. The van der Waals surface area contributed by atoms with Gasteiger partial charge < -0.3 is 18.9 Å². The maximum absolute atomic E-state index is 14.0. The minimum absolute atomic E-state index is 0.269. The lowest BCUT2D eigenvalue weighted by Gasteiger charge is -2.25. The van der Waals surface area contributed by atoms with Crippen molar-refractivity contribution >= 4 is 39.3 Å². The molecule has 1 aliphatic heterocycles. The number of fused-ring (bicyclic) bond motifs is 1. The zero-order chi connectivity index (χ0) is 31.4. The van der Waals surface area contributed by atoms with Crippen LogP contribution in [-0.4, -0.2) is 30.4 Å². The Hall–Kier alpha value is -4.15. The standard InChI is InChI=1S/C34H33BrN2O6S/c1-6-41-25-14-12-24(13-15-25)30-29(33(39)43-20(2)3)21(4)36-34-37(30)32(38)28(44-34)18-23-16-26(35)31(27(17-23)40-5)42-19-22-10-8-7-9-11-22/h7-18,20,30H,6,19H2,1-5H3/b28-18+/t30-/m1/s1. The summed E-state index contributed by atoms with van der Waals surface area (Å²) in [7, 11) is 1.58. The van der Waals surface area contributed by atoms with Gasteiger partial charge in [0.15, 0.2) is 16.3 Å². The van der Waals surface area contributed by atoms with Crippen LogP contribution in [0.5, 0.6) is 17.2 Å². The molecule has 0 amide bonds.